The number of benzene rings is 2. The number of nitrogens with one attached hydrogen (secondary N) is 6. The molecule has 2 aliphatic heterocycles. The van der Waals surface area contributed by atoms with Gasteiger partial charge in [0.2, 0.25) is 35.4 Å². The monoisotopic (exact) mass is 1010 g/mol. The third-order valence-corrected chi connectivity index (χ3v) is 16.6. The van der Waals surface area contributed by atoms with Crippen LogP contribution in [0.25, 0.3) is 0 Å². The number of amides is 6. The molecule has 74 heavy (non-hydrogen) atoms. The van der Waals surface area contributed by atoms with E-state index >= 15 is 0 Å². The molecule has 2 aromatic carbocycles. The fraction of sp³-hybridized carbons (Fsp3) is 0.621. The van der Waals surface area contributed by atoms with E-state index in [0.717, 1.165) is 86.5 Å². The predicted octanol–water partition coefficient (Wildman–Crippen LogP) is 3.92. The van der Waals surface area contributed by atoms with Crippen molar-refractivity contribution in [2.75, 3.05) is 40.4 Å². The molecule has 16 heteroatoms. The molecule has 2 aromatic rings. The van der Waals surface area contributed by atoms with E-state index in [1.165, 1.54) is 0 Å². The Bertz CT molecular complexity index is 2280. The molecule has 4 fully saturated rings. The molecule has 398 valence electrons. The van der Waals surface area contributed by atoms with Gasteiger partial charge >= 0.3 is 0 Å². The number of fused-ring (bicyclic) bond motifs is 2. The molecule has 0 bridgehead atoms. The highest BCUT2D eigenvalue weighted by molar-refractivity contribution is 5.95. The third-order valence-electron chi connectivity index (χ3n) is 16.6. The number of hydrogen-bond acceptors (Lipinski definition) is 10. The number of likely N-dealkylation sites (N-methyl/N-ethyl adjacent to an activating group) is 2. The number of nitrogens with zero attached hydrogens (tertiary/aromatic N) is 2. The zero-order valence-electron chi connectivity index (χ0n) is 43.8. The van der Waals surface area contributed by atoms with E-state index in [1.54, 1.807) is 37.7 Å². The van der Waals surface area contributed by atoms with Crippen molar-refractivity contribution >= 4 is 35.4 Å². The summed E-state index contributed by atoms with van der Waals surface area (Å²) >= 11 is 0. The predicted molar refractivity (Wildman–Crippen MR) is 281 cm³/mol. The van der Waals surface area contributed by atoms with Crippen molar-refractivity contribution in [1.29, 1.82) is 0 Å². The van der Waals surface area contributed by atoms with Gasteiger partial charge < -0.3 is 51.2 Å². The molecule has 0 radical (unpaired) electrons. The average molecular weight is 1020 g/mol. The van der Waals surface area contributed by atoms with Crippen molar-refractivity contribution < 1.29 is 38.2 Å². The first-order valence-corrected chi connectivity index (χ1v) is 27.5. The number of likely N-dealkylation sites (tertiary alicyclic amines) is 2. The van der Waals surface area contributed by atoms with Crippen molar-refractivity contribution in [2.24, 2.45) is 11.8 Å². The van der Waals surface area contributed by atoms with Gasteiger partial charge in [-0.2, -0.15) is 0 Å². The minimum Gasteiger partial charge on any atom is -0.363 e. The van der Waals surface area contributed by atoms with Crippen LogP contribution < -0.4 is 31.9 Å². The van der Waals surface area contributed by atoms with Gasteiger partial charge in [-0.15, -0.1) is 0 Å². The van der Waals surface area contributed by atoms with Gasteiger partial charge in [0.15, 0.2) is 0 Å². The summed E-state index contributed by atoms with van der Waals surface area (Å²) in [6, 6.07) is 11.5. The lowest BCUT2D eigenvalue weighted by Crippen LogP contribution is -2.58. The van der Waals surface area contributed by atoms with Gasteiger partial charge in [-0.25, -0.2) is 0 Å². The van der Waals surface area contributed by atoms with E-state index < -0.39 is 48.3 Å². The Morgan fingerprint density at radius 1 is 0.554 bits per heavy atom. The van der Waals surface area contributed by atoms with E-state index in [4.69, 9.17) is 9.47 Å². The smallest absolute Gasteiger partial charge is 0.246 e. The quantitative estimate of drug-likeness (QED) is 0.119. The number of hydrogen-bond donors (Lipinski definition) is 6. The lowest BCUT2D eigenvalue weighted by atomic mass is 9.83. The van der Waals surface area contributed by atoms with Crippen LogP contribution >= 0.6 is 0 Å². The van der Waals surface area contributed by atoms with Crippen molar-refractivity contribution in [2.45, 2.75) is 177 Å². The molecule has 4 aliphatic carbocycles. The van der Waals surface area contributed by atoms with E-state index in [-0.39, 0.29) is 72.7 Å². The third kappa shape index (κ3) is 13.0. The molecule has 2 heterocycles. The topological polar surface area (TPSA) is 200 Å². The maximum Gasteiger partial charge on any atom is 0.246 e. The van der Waals surface area contributed by atoms with Crippen LogP contribution in [0.2, 0.25) is 0 Å². The lowest BCUT2D eigenvalue weighted by Gasteiger charge is -2.35. The summed E-state index contributed by atoms with van der Waals surface area (Å²) in [6.07, 6.45) is 12.6. The van der Waals surface area contributed by atoms with Crippen LogP contribution in [0, 0.1) is 35.5 Å². The summed E-state index contributed by atoms with van der Waals surface area (Å²) in [5.74, 6) is 10.6. The maximum absolute atomic E-state index is 14.3. The first-order chi connectivity index (χ1) is 36.0. The molecule has 2 saturated heterocycles. The SMILES string of the molecule is CN[C@@H](C)C(=O)N[C@H](C(=O)N1CCC[C@H]1C(=O)NC1c2ccccc2CC1OCC#CC#CCO[C@@H]1Cc2ccccc2[C@@H]1NC(=O)[C@@H]1CCCN1C(=O)[C@@H](NC(=O)[C@H](C)NC)C1CCCCC1)C1CCCCC1. The van der Waals surface area contributed by atoms with Gasteiger partial charge in [-0.1, -0.05) is 98.9 Å². The number of carbonyl (C=O) groups is 6. The highest BCUT2D eigenvalue weighted by Crippen LogP contribution is 2.37. The van der Waals surface area contributed by atoms with Crippen LogP contribution in [0.3, 0.4) is 0 Å². The molecule has 2 saturated carbocycles. The molecule has 10 atom stereocenters. The molecule has 0 spiro atoms. The van der Waals surface area contributed by atoms with Crippen molar-refractivity contribution in [1.82, 2.24) is 41.7 Å². The largest absolute Gasteiger partial charge is 0.363 e. The molecular formula is C58H78N8O8. The zero-order chi connectivity index (χ0) is 52.1. The Balaban J connectivity index is 0.858. The summed E-state index contributed by atoms with van der Waals surface area (Å²) in [5, 5.41) is 18.6. The molecule has 16 nitrogen and oxygen atoms in total. The molecule has 2 unspecified atom stereocenters. The van der Waals surface area contributed by atoms with E-state index in [9.17, 15) is 28.8 Å². The fourth-order valence-corrected chi connectivity index (χ4v) is 12.2. The molecule has 6 amide bonds. The highest BCUT2D eigenvalue weighted by Gasteiger charge is 2.45. The van der Waals surface area contributed by atoms with Crippen LogP contribution in [0.1, 0.15) is 138 Å². The summed E-state index contributed by atoms with van der Waals surface area (Å²) in [4.78, 5) is 86.6. The molecular weight excluding hydrogens is 937 g/mol. The van der Waals surface area contributed by atoms with E-state index in [1.807, 2.05) is 48.5 Å². The second-order valence-electron chi connectivity index (χ2n) is 21.2. The second kappa shape index (κ2) is 26.1. The van der Waals surface area contributed by atoms with Gasteiger partial charge in [0, 0.05) is 25.9 Å². The van der Waals surface area contributed by atoms with E-state index in [2.05, 4.69) is 55.6 Å². The molecule has 8 rings (SSSR count). The average Bonchev–Trinajstić information content (AvgIpc) is 4.26. The van der Waals surface area contributed by atoms with Crippen molar-refractivity contribution in [3.8, 4) is 23.7 Å². The van der Waals surface area contributed by atoms with E-state index in [0.29, 0.717) is 51.6 Å². The Morgan fingerprint density at radius 2 is 0.946 bits per heavy atom. The van der Waals surface area contributed by atoms with Crippen LogP contribution in [0.15, 0.2) is 48.5 Å². The van der Waals surface area contributed by atoms with Gasteiger partial charge in [0.1, 0.15) is 37.4 Å². The minimum atomic E-state index is -0.679. The standard InChI is InChI=1S/C58H78N8O8/c1-37(59-3)53(67)61-49(39-21-9-7-10-22-39)57(71)65-31-19-29-45(65)55(69)63-51-43-27-15-13-25-41(43)35-47(51)73-33-17-5-6-18-34-74-48-36-42-26-14-16-28-44(42)52(48)64-56(70)46-30-20-32-66(46)58(72)50(40-23-11-8-12-24-40)62-54(68)38(2)60-4/h13-16,25-28,37-40,45-52,59-60H,7-12,19-24,29-36H2,1-4H3,(H,61,67)(H,62,68)(H,63,69)(H,64,70)/t37-,38-,45-,46-,47+,48?,49-,50-,51-,52?/m0/s1. The van der Waals surface area contributed by atoms with Crippen LogP contribution in [-0.4, -0.2) is 134 Å². The summed E-state index contributed by atoms with van der Waals surface area (Å²) < 4.78 is 12.7. The first-order valence-electron chi connectivity index (χ1n) is 27.5. The van der Waals surface area contributed by atoms with Gasteiger partial charge in [0.05, 0.1) is 36.4 Å². The Labute approximate surface area is 437 Å². The summed E-state index contributed by atoms with van der Waals surface area (Å²) in [5.41, 5.74) is 4.10. The Morgan fingerprint density at radius 3 is 1.34 bits per heavy atom. The number of rotatable bonds is 18. The highest BCUT2D eigenvalue weighted by atomic mass is 16.5. The summed E-state index contributed by atoms with van der Waals surface area (Å²) in [6.45, 7) is 4.62. The van der Waals surface area contributed by atoms with Gasteiger partial charge in [-0.3, -0.25) is 28.8 Å². The molecule has 6 aliphatic rings. The molecule has 6 N–H and O–H groups in total. The lowest BCUT2D eigenvalue weighted by molar-refractivity contribution is -0.143. The zero-order valence-corrected chi connectivity index (χ0v) is 43.8. The van der Waals surface area contributed by atoms with Gasteiger partial charge in [-0.05, 0) is 125 Å². The Hall–Kier alpha value is -5.78. The number of carbonyl (C=O) groups excluding carboxylic acids is 6. The maximum atomic E-state index is 14.3. The first kappa shape index (κ1) is 54.5. The summed E-state index contributed by atoms with van der Waals surface area (Å²) in [7, 11) is 3.44. The van der Waals surface area contributed by atoms with Crippen LogP contribution in [-0.2, 0) is 51.1 Å². The van der Waals surface area contributed by atoms with Gasteiger partial charge in [0.25, 0.3) is 0 Å². The van der Waals surface area contributed by atoms with Crippen molar-refractivity contribution in [3.63, 3.8) is 0 Å². The Kier molecular flexibility index (Phi) is 19.2. The van der Waals surface area contributed by atoms with Crippen LogP contribution in [0.5, 0.6) is 0 Å². The normalized spacial score (nSPS) is 25.2. The fourth-order valence-electron chi connectivity index (χ4n) is 12.2. The van der Waals surface area contributed by atoms with Crippen LogP contribution in [0.4, 0.5) is 0 Å². The second-order valence-corrected chi connectivity index (χ2v) is 21.2. The van der Waals surface area contributed by atoms with Crippen molar-refractivity contribution in [3.05, 3.63) is 70.8 Å². The number of ether oxygens (including phenoxy) is 2. The molecule has 0 aromatic heterocycles. The minimum absolute atomic E-state index is 0.0261.